The molecule has 2 atom stereocenters. The van der Waals surface area contributed by atoms with Crippen molar-refractivity contribution in [2.75, 3.05) is 24.2 Å². The van der Waals surface area contributed by atoms with Crippen LogP contribution in [0.3, 0.4) is 0 Å². The van der Waals surface area contributed by atoms with Crippen LogP contribution < -0.4 is 19.1 Å². The van der Waals surface area contributed by atoms with Crippen LogP contribution in [0.15, 0.2) is 42.5 Å². The van der Waals surface area contributed by atoms with Crippen LogP contribution in [0.1, 0.15) is 25.0 Å². The molecule has 0 spiro atoms. The number of benzene rings is 2. The lowest BCUT2D eigenvalue weighted by atomic mass is 10.1. The maximum absolute atomic E-state index is 12.4. The number of rotatable bonds is 9. The van der Waals surface area contributed by atoms with Gasteiger partial charge in [-0.25, -0.2) is 8.42 Å². The number of aryl methyl sites for hydroxylation is 2. The van der Waals surface area contributed by atoms with E-state index < -0.39 is 16.1 Å². The molecule has 1 amide bonds. The lowest BCUT2D eigenvalue weighted by Crippen LogP contribution is -2.43. The summed E-state index contributed by atoms with van der Waals surface area (Å²) in [5.74, 6) is 0.980. The molecule has 30 heavy (non-hydrogen) atoms. The number of carbonyl (C=O) groups is 1. The van der Waals surface area contributed by atoms with Crippen LogP contribution in [0, 0.1) is 13.8 Å². The summed E-state index contributed by atoms with van der Waals surface area (Å²) in [7, 11) is -1.86. The maximum atomic E-state index is 12.4. The first-order valence-corrected chi connectivity index (χ1v) is 11.5. The molecule has 1 N–H and O–H groups in total. The normalized spacial score (nSPS) is 13.3. The van der Waals surface area contributed by atoms with Crippen LogP contribution in [0.25, 0.3) is 0 Å². The van der Waals surface area contributed by atoms with Gasteiger partial charge < -0.3 is 14.8 Å². The molecular weight excluding hydrogens is 404 g/mol. The summed E-state index contributed by atoms with van der Waals surface area (Å²) in [6.07, 6.45) is 0.418. The highest BCUT2D eigenvalue weighted by molar-refractivity contribution is 7.92. The average molecular weight is 435 g/mol. The van der Waals surface area contributed by atoms with Crippen LogP contribution in [-0.4, -0.2) is 46.4 Å². The van der Waals surface area contributed by atoms with Gasteiger partial charge in [0.25, 0.3) is 5.91 Å². The van der Waals surface area contributed by atoms with Crippen LogP contribution >= 0.6 is 0 Å². The number of amides is 1. The third kappa shape index (κ3) is 6.66. The Hall–Kier alpha value is -2.74. The lowest BCUT2D eigenvalue weighted by Gasteiger charge is -2.20. The van der Waals surface area contributed by atoms with Crippen LogP contribution in [0.5, 0.6) is 11.5 Å². The van der Waals surface area contributed by atoms with Crippen molar-refractivity contribution in [1.29, 1.82) is 0 Å². The molecule has 0 aliphatic heterocycles. The van der Waals surface area contributed by atoms with Crippen molar-refractivity contribution in [1.82, 2.24) is 5.32 Å². The third-order valence-corrected chi connectivity index (χ3v) is 5.95. The van der Waals surface area contributed by atoms with E-state index in [1.54, 1.807) is 31.2 Å². The second kappa shape index (κ2) is 9.84. The number of hydrogen-bond acceptors (Lipinski definition) is 5. The zero-order valence-electron chi connectivity index (χ0n) is 18.3. The minimum Gasteiger partial charge on any atom is -0.491 e. The molecule has 0 radical (unpaired) electrons. The number of nitrogens with one attached hydrogen (secondary N) is 1. The van der Waals surface area contributed by atoms with E-state index in [4.69, 9.17) is 9.47 Å². The number of ether oxygens (including phenoxy) is 2. The Labute approximate surface area is 179 Å². The van der Waals surface area contributed by atoms with Crippen molar-refractivity contribution in [3.8, 4) is 11.5 Å². The highest BCUT2D eigenvalue weighted by atomic mass is 32.2. The van der Waals surface area contributed by atoms with Gasteiger partial charge in [-0.15, -0.1) is 0 Å². The summed E-state index contributed by atoms with van der Waals surface area (Å²) in [6.45, 7) is 7.93. The summed E-state index contributed by atoms with van der Waals surface area (Å²) < 4.78 is 35.8. The van der Waals surface area contributed by atoms with Gasteiger partial charge in [-0.2, -0.15) is 0 Å². The first-order valence-electron chi connectivity index (χ1n) is 9.68. The van der Waals surface area contributed by atoms with E-state index in [0.717, 1.165) is 17.6 Å². The Balaban J connectivity index is 1.85. The van der Waals surface area contributed by atoms with Gasteiger partial charge in [-0.05, 0) is 75.2 Å². The molecule has 0 aromatic heterocycles. The maximum Gasteiger partial charge on any atom is 0.261 e. The van der Waals surface area contributed by atoms with Crippen LogP contribution in [0.2, 0.25) is 0 Å². The molecule has 0 fully saturated rings. The zero-order chi connectivity index (χ0) is 22.5. The van der Waals surface area contributed by atoms with Gasteiger partial charge >= 0.3 is 0 Å². The highest BCUT2D eigenvalue weighted by Crippen LogP contribution is 2.21. The molecule has 0 aliphatic rings. The molecule has 0 heterocycles. The Morgan fingerprint density at radius 3 is 2.20 bits per heavy atom. The second-order valence-electron chi connectivity index (χ2n) is 7.45. The molecule has 0 saturated carbocycles. The quantitative estimate of drug-likeness (QED) is 0.656. The second-order valence-corrected chi connectivity index (χ2v) is 9.46. The van der Waals surface area contributed by atoms with Gasteiger partial charge in [0.2, 0.25) is 10.0 Å². The number of carbonyl (C=O) groups excluding carboxylic acids is 1. The molecule has 0 saturated heterocycles. The molecule has 2 aromatic carbocycles. The Kier molecular flexibility index (Phi) is 7.72. The van der Waals surface area contributed by atoms with Crippen molar-refractivity contribution >= 4 is 21.6 Å². The predicted molar refractivity (Wildman–Crippen MR) is 119 cm³/mol. The minimum absolute atomic E-state index is 0.198. The number of sulfonamides is 1. The van der Waals surface area contributed by atoms with Crippen molar-refractivity contribution in [2.45, 2.75) is 39.8 Å². The fraction of sp³-hybridized carbons (Fsp3) is 0.409. The van der Waals surface area contributed by atoms with Gasteiger partial charge in [0.15, 0.2) is 6.10 Å². The molecule has 0 bridgehead atoms. The molecule has 0 unspecified atom stereocenters. The monoisotopic (exact) mass is 434 g/mol. The van der Waals surface area contributed by atoms with E-state index in [-0.39, 0.29) is 11.9 Å². The average Bonchev–Trinajstić information content (AvgIpc) is 2.68. The zero-order valence-corrected chi connectivity index (χ0v) is 19.1. The molecule has 8 heteroatoms. The molecule has 2 rings (SSSR count). The summed E-state index contributed by atoms with van der Waals surface area (Å²) in [5.41, 5.74) is 2.87. The van der Waals surface area contributed by atoms with E-state index in [1.165, 1.54) is 16.9 Å². The van der Waals surface area contributed by atoms with E-state index in [1.807, 2.05) is 39.0 Å². The van der Waals surface area contributed by atoms with Crippen LogP contribution in [0.4, 0.5) is 5.69 Å². The fourth-order valence-electron chi connectivity index (χ4n) is 2.61. The Bertz CT molecular complexity index is 974. The number of hydrogen-bond donors (Lipinski definition) is 1. The summed E-state index contributed by atoms with van der Waals surface area (Å²) in [6, 6.07) is 12.2. The molecular formula is C22H30N2O5S. The first-order chi connectivity index (χ1) is 14.0. The minimum atomic E-state index is -3.33. The van der Waals surface area contributed by atoms with Crippen molar-refractivity contribution in [2.24, 2.45) is 0 Å². The standard InChI is InChI=1S/C22H30N2O5S/c1-15-7-10-21(13-16(15)2)28-14-17(3)23-22(25)18(4)29-20-11-8-19(9-12-20)24(5)30(6,26)27/h7-13,17-18H,14H2,1-6H3,(H,23,25)/t17-,18-/m1/s1. The van der Waals surface area contributed by atoms with Gasteiger partial charge in [-0.1, -0.05) is 6.07 Å². The summed E-state index contributed by atoms with van der Waals surface area (Å²) in [5, 5.41) is 2.87. The summed E-state index contributed by atoms with van der Waals surface area (Å²) in [4.78, 5) is 12.4. The third-order valence-electron chi connectivity index (χ3n) is 4.75. The van der Waals surface area contributed by atoms with Crippen molar-refractivity contribution in [3.63, 3.8) is 0 Å². The van der Waals surface area contributed by atoms with Crippen molar-refractivity contribution < 1.29 is 22.7 Å². The van der Waals surface area contributed by atoms with E-state index in [0.29, 0.717) is 18.0 Å². The van der Waals surface area contributed by atoms with Gasteiger partial charge in [0.05, 0.1) is 18.0 Å². The Morgan fingerprint density at radius 2 is 1.63 bits per heavy atom. The van der Waals surface area contributed by atoms with E-state index in [2.05, 4.69) is 5.32 Å². The van der Waals surface area contributed by atoms with Crippen LogP contribution in [-0.2, 0) is 14.8 Å². The molecule has 2 aromatic rings. The Morgan fingerprint density at radius 1 is 1.03 bits per heavy atom. The largest absolute Gasteiger partial charge is 0.491 e. The molecule has 7 nitrogen and oxygen atoms in total. The van der Waals surface area contributed by atoms with Crippen molar-refractivity contribution in [3.05, 3.63) is 53.6 Å². The summed E-state index contributed by atoms with van der Waals surface area (Å²) >= 11 is 0. The van der Waals surface area contributed by atoms with Gasteiger partial charge in [0, 0.05) is 7.05 Å². The van der Waals surface area contributed by atoms with Gasteiger partial charge in [0.1, 0.15) is 18.1 Å². The van der Waals surface area contributed by atoms with E-state index >= 15 is 0 Å². The number of anilines is 1. The predicted octanol–water partition coefficient (Wildman–Crippen LogP) is 3.05. The SMILES string of the molecule is Cc1ccc(OC[C@@H](C)NC(=O)[C@@H](C)Oc2ccc(N(C)S(C)(=O)=O)cc2)cc1C. The topological polar surface area (TPSA) is 84.9 Å². The highest BCUT2D eigenvalue weighted by Gasteiger charge is 2.18. The molecule has 0 aliphatic carbocycles. The number of nitrogens with zero attached hydrogens (tertiary/aromatic N) is 1. The lowest BCUT2D eigenvalue weighted by molar-refractivity contribution is -0.128. The first kappa shape index (κ1) is 23.5. The van der Waals surface area contributed by atoms with E-state index in [9.17, 15) is 13.2 Å². The smallest absolute Gasteiger partial charge is 0.261 e. The molecule has 164 valence electrons. The van der Waals surface area contributed by atoms with Gasteiger partial charge in [-0.3, -0.25) is 9.10 Å². The fourth-order valence-corrected chi connectivity index (χ4v) is 3.12.